The number of fused-ring (bicyclic) bond motifs is 4. The average molecular weight is 299 g/mol. The summed E-state index contributed by atoms with van der Waals surface area (Å²) in [4.78, 5) is 0. The minimum absolute atomic E-state index is 0.187. The maximum atomic E-state index is 10.0. The molecular weight excluding hydrogens is 270 g/mol. The summed E-state index contributed by atoms with van der Waals surface area (Å²) in [6.45, 7) is 3.65. The molecule has 2 N–H and O–H groups in total. The molecule has 2 nitrogen and oxygen atoms in total. The third kappa shape index (κ3) is 2.56. The van der Waals surface area contributed by atoms with E-state index in [1.54, 1.807) is 0 Å². The van der Waals surface area contributed by atoms with Crippen LogP contribution in [0.2, 0.25) is 0 Å². The number of rotatable bonds is 3. The number of hydrogen-bond donors (Lipinski definition) is 2. The van der Waals surface area contributed by atoms with Crippen LogP contribution in [0, 0.1) is 11.8 Å². The Morgan fingerprint density at radius 1 is 1.18 bits per heavy atom. The number of benzene rings is 1. The smallest absolute Gasteiger partial charge is 0.115 e. The second-order valence-corrected chi connectivity index (χ2v) is 8.15. The normalized spacial score (nSPS) is 34.6. The number of phenolic OH excluding ortho intramolecular Hbond substituents is 1. The minimum Gasteiger partial charge on any atom is -0.508 e. The number of phenols is 1. The fraction of sp³-hybridized carbons (Fsp3) is 0.700. The molecule has 3 aliphatic carbocycles. The van der Waals surface area contributed by atoms with Gasteiger partial charge in [-0.05, 0) is 73.7 Å². The lowest BCUT2D eigenvalue weighted by Crippen LogP contribution is -2.55. The molecule has 120 valence electrons. The minimum atomic E-state index is 0.187. The van der Waals surface area contributed by atoms with Crippen molar-refractivity contribution in [3.63, 3.8) is 0 Å². The van der Waals surface area contributed by atoms with Crippen molar-refractivity contribution in [2.24, 2.45) is 11.8 Å². The molecule has 2 saturated carbocycles. The summed E-state index contributed by atoms with van der Waals surface area (Å²) in [5, 5.41) is 14.0. The van der Waals surface area contributed by atoms with Crippen LogP contribution in [0.15, 0.2) is 18.2 Å². The zero-order valence-electron chi connectivity index (χ0n) is 13.8. The van der Waals surface area contributed by atoms with Crippen LogP contribution in [0.1, 0.15) is 63.0 Å². The van der Waals surface area contributed by atoms with E-state index in [1.165, 1.54) is 69.0 Å². The van der Waals surface area contributed by atoms with Gasteiger partial charge in [0.1, 0.15) is 5.75 Å². The van der Waals surface area contributed by atoms with Gasteiger partial charge in [-0.3, -0.25) is 0 Å². The molecule has 22 heavy (non-hydrogen) atoms. The highest BCUT2D eigenvalue weighted by Gasteiger charge is 2.45. The summed E-state index contributed by atoms with van der Waals surface area (Å²) in [5.41, 5.74) is 3.09. The lowest BCUT2D eigenvalue weighted by atomic mass is 9.59. The van der Waals surface area contributed by atoms with Gasteiger partial charge >= 0.3 is 0 Å². The average Bonchev–Trinajstić information content (AvgIpc) is 3.30. The second-order valence-electron chi connectivity index (χ2n) is 8.15. The van der Waals surface area contributed by atoms with Crippen molar-refractivity contribution >= 4 is 0 Å². The van der Waals surface area contributed by atoms with Crippen LogP contribution >= 0.6 is 0 Å². The first-order valence-corrected chi connectivity index (χ1v) is 9.22. The van der Waals surface area contributed by atoms with Gasteiger partial charge < -0.3 is 10.4 Å². The first kappa shape index (κ1) is 14.6. The summed E-state index contributed by atoms with van der Waals surface area (Å²) >= 11 is 0. The van der Waals surface area contributed by atoms with Crippen LogP contribution < -0.4 is 5.32 Å². The molecule has 0 saturated heterocycles. The number of nitrogens with one attached hydrogen (secondary N) is 1. The van der Waals surface area contributed by atoms with E-state index in [0.29, 0.717) is 11.8 Å². The second kappa shape index (κ2) is 5.56. The molecular formula is C20H29NO. The molecule has 0 aliphatic heterocycles. The standard InChI is InChI=1S/C20H29NO/c1-20-10-4-2-3-5-16(19(20)21-13-14-6-7-14)11-15-8-9-17(22)12-18(15)20/h8-9,12,14,16,19,21-22H,2-7,10-11,13H2,1H3/t16-,19-,20+/m0/s1. The van der Waals surface area contributed by atoms with Gasteiger partial charge in [-0.25, -0.2) is 0 Å². The molecule has 0 unspecified atom stereocenters. The highest BCUT2D eigenvalue weighted by Crippen LogP contribution is 2.47. The fourth-order valence-corrected chi connectivity index (χ4v) is 5.00. The van der Waals surface area contributed by atoms with Crippen LogP contribution in [0.5, 0.6) is 5.75 Å². The molecule has 1 aromatic rings. The lowest BCUT2D eigenvalue weighted by Gasteiger charge is -2.49. The first-order valence-electron chi connectivity index (χ1n) is 9.22. The van der Waals surface area contributed by atoms with Gasteiger partial charge in [0.15, 0.2) is 0 Å². The van der Waals surface area contributed by atoms with Gasteiger partial charge in [-0.15, -0.1) is 0 Å². The van der Waals surface area contributed by atoms with Gasteiger partial charge in [-0.1, -0.05) is 32.3 Å². The van der Waals surface area contributed by atoms with Crippen LogP contribution in [0.25, 0.3) is 0 Å². The molecule has 0 radical (unpaired) electrons. The summed E-state index contributed by atoms with van der Waals surface area (Å²) in [5.74, 6) is 2.13. The summed E-state index contributed by atoms with van der Waals surface area (Å²) in [7, 11) is 0. The molecule has 2 fully saturated rings. The third-order valence-corrected chi connectivity index (χ3v) is 6.44. The molecule has 3 atom stereocenters. The van der Waals surface area contributed by atoms with Crippen LogP contribution in [0.3, 0.4) is 0 Å². The Morgan fingerprint density at radius 3 is 2.86 bits per heavy atom. The van der Waals surface area contributed by atoms with Crippen molar-refractivity contribution in [2.75, 3.05) is 6.54 Å². The molecule has 2 heteroatoms. The van der Waals surface area contributed by atoms with Crippen LogP contribution in [0.4, 0.5) is 0 Å². The van der Waals surface area contributed by atoms with Gasteiger partial charge in [0, 0.05) is 11.5 Å². The zero-order chi connectivity index (χ0) is 15.2. The lowest BCUT2D eigenvalue weighted by molar-refractivity contribution is 0.165. The van der Waals surface area contributed by atoms with E-state index >= 15 is 0 Å². The van der Waals surface area contributed by atoms with Gasteiger partial charge in [0.25, 0.3) is 0 Å². The van der Waals surface area contributed by atoms with Crippen molar-refractivity contribution in [3.8, 4) is 5.75 Å². The topological polar surface area (TPSA) is 32.3 Å². The van der Waals surface area contributed by atoms with E-state index in [-0.39, 0.29) is 5.41 Å². The van der Waals surface area contributed by atoms with Crippen molar-refractivity contribution in [3.05, 3.63) is 29.3 Å². The highest BCUT2D eigenvalue weighted by molar-refractivity contribution is 5.44. The Balaban J connectivity index is 1.71. The van der Waals surface area contributed by atoms with Gasteiger partial charge in [0.2, 0.25) is 0 Å². The van der Waals surface area contributed by atoms with Crippen molar-refractivity contribution in [1.29, 1.82) is 0 Å². The Kier molecular flexibility index (Phi) is 3.68. The third-order valence-electron chi connectivity index (χ3n) is 6.44. The van der Waals surface area contributed by atoms with Crippen molar-refractivity contribution in [1.82, 2.24) is 5.32 Å². The molecule has 4 rings (SSSR count). The van der Waals surface area contributed by atoms with E-state index in [0.717, 1.165) is 11.8 Å². The van der Waals surface area contributed by atoms with E-state index in [9.17, 15) is 5.11 Å². The van der Waals surface area contributed by atoms with E-state index < -0.39 is 0 Å². The highest BCUT2D eigenvalue weighted by atomic mass is 16.3. The van der Waals surface area contributed by atoms with E-state index in [1.807, 2.05) is 6.07 Å². The Labute approximate surface area is 134 Å². The Hall–Kier alpha value is -1.02. The predicted octanol–water partition coefficient (Wildman–Crippen LogP) is 4.15. The van der Waals surface area contributed by atoms with Crippen molar-refractivity contribution < 1.29 is 5.11 Å². The fourth-order valence-electron chi connectivity index (χ4n) is 5.00. The number of aromatic hydroxyl groups is 1. The quantitative estimate of drug-likeness (QED) is 0.878. The van der Waals surface area contributed by atoms with Gasteiger partial charge in [0.05, 0.1) is 0 Å². The molecule has 2 bridgehead atoms. The molecule has 1 aromatic carbocycles. The molecule has 0 aromatic heterocycles. The monoisotopic (exact) mass is 299 g/mol. The number of hydrogen-bond acceptors (Lipinski definition) is 2. The van der Waals surface area contributed by atoms with Gasteiger partial charge in [-0.2, -0.15) is 0 Å². The summed E-state index contributed by atoms with van der Waals surface area (Å²) in [6.07, 6.45) is 10.7. The Bertz CT molecular complexity index is 551. The first-order chi connectivity index (χ1) is 10.7. The SMILES string of the molecule is C[C@@]12CCCCC[C@@H](Cc3ccc(O)cc31)[C@@H]2NCC1CC1. The maximum absolute atomic E-state index is 10.0. The Morgan fingerprint density at radius 2 is 2.05 bits per heavy atom. The summed E-state index contributed by atoms with van der Waals surface area (Å²) in [6, 6.07) is 6.69. The summed E-state index contributed by atoms with van der Waals surface area (Å²) < 4.78 is 0. The van der Waals surface area contributed by atoms with Crippen LogP contribution in [-0.2, 0) is 11.8 Å². The van der Waals surface area contributed by atoms with Crippen LogP contribution in [-0.4, -0.2) is 17.7 Å². The van der Waals surface area contributed by atoms with E-state index in [2.05, 4.69) is 24.4 Å². The largest absolute Gasteiger partial charge is 0.508 e. The molecule has 0 amide bonds. The molecule has 0 spiro atoms. The van der Waals surface area contributed by atoms with Crippen molar-refractivity contribution in [2.45, 2.75) is 69.7 Å². The van der Waals surface area contributed by atoms with E-state index in [4.69, 9.17) is 0 Å². The predicted molar refractivity (Wildman–Crippen MR) is 90.3 cm³/mol. The maximum Gasteiger partial charge on any atom is 0.115 e. The molecule has 3 aliphatic rings. The molecule has 0 heterocycles. The zero-order valence-corrected chi connectivity index (χ0v) is 13.8.